The first kappa shape index (κ1) is 7.66. The van der Waals surface area contributed by atoms with Crippen LogP contribution in [-0.2, 0) is 0 Å². The predicted molar refractivity (Wildman–Crippen MR) is 52.0 cm³/mol. The molecule has 0 heterocycles. The number of nitrogen functional groups attached to an aromatic ring is 1. The molecule has 0 saturated heterocycles. The summed E-state index contributed by atoms with van der Waals surface area (Å²) in [5, 5.41) is 0. The van der Waals surface area contributed by atoms with Gasteiger partial charge < -0.3 is 5.73 Å². The van der Waals surface area contributed by atoms with Crippen molar-refractivity contribution in [2.24, 2.45) is 5.92 Å². The summed E-state index contributed by atoms with van der Waals surface area (Å²) in [4.78, 5) is 0. The first-order chi connectivity index (χ1) is 5.75. The second kappa shape index (κ2) is 2.81. The van der Waals surface area contributed by atoms with Gasteiger partial charge in [0.2, 0.25) is 0 Å². The van der Waals surface area contributed by atoms with Crippen molar-refractivity contribution in [3.63, 3.8) is 0 Å². The molecule has 0 amide bonds. The van der Waals surface area contributed by atoms with E-state index in [0.29, 0.717) is 0 Å². The number of hydrogen-bond donors (Lipinski definition) is 1. The zero-order chi connectivity index (χ0) is 8.55. The first-order valence-electron chi connectivity index (χ1n) is 4.61. The molecule has 1 saturated carbocycles. The predicted octanol–water partition coefficient (Wildman–Crippen LogP) is 2.78. The number of anilines is 1. The molecule has 1 aliphatic carbocycles. The minimum atomic E-state index is 0.781. The summed E-state index contributed by atoms with van der Waals surface area (Å²) in [6.07, 6.45) is 2.67. The lowest BCUT2D eigenvalue weighted by Gasteiger charge is -2.33. The highest BCUT2D eigenvalue weighted by molar-refractivity contribution is 5.42. The summed E-state index contributed by atoms with van der Waals surface area (Å²) in [5.41, 5.74) is 8.03. The van der Waals surface area contributed by atoms with Crippen LogP contribution in [-0.4, -0.2) is 0 Å². The van der Waals surface area contributed by atoms with E-state index in [2.05, 4.69) is 19.1 Å². The van der Waals surface area contributed by atoms with Gasteiger partial charge in [-0.15, -0.1) is 0 Å². The Balaban J connectivity index is 2.13. The smallest absolute Gasteiger partial charge is 0.0316 e. The van der Waals surface area contributed by atoms with Crippen LogP contribution >= 0.6 is 0 Å². The molecule has 2 N–H and O–H groups in total. The van der Waals surface area contributed by atoms with E-state index in [1.54, 1.807) is 0 Å². The van der Waals surface area contributed by atoms with E-state index < -0.39 is 0 Å². The molecule has 0 atom stereocenters. The molecule has 1 fully saturated rings. The maximum absolute atomic E-state index is 5.71. The van der Waals surface area contributed by atoms with Crippen LogP contribution in [0.25, 0.3) is 0 Å². The van der Waals surface area contributed by atoms with Crippen molar-refractivity contribution in [2.45, 2.75) is 25.7 Å². The summed E-state index contributed by atoms with van der Waals surface area (Å²) in [5.74, 6) is 1.69. The molecule has 0 bridgehead atoms. The van der Waals surface area contributed by atoms with E-state index in [0.717, 1.165) is 17.5 Å². The van der Waals surface area contributed by atoms with Crippen LogP contribution in [0.5, 0.6) is 0 Å². The van der Waals surface area contributed by atoms with Crippen molar-refractivity contribution >= 4 is 5.69 Å². The lowest BCUT2D eigenvalue weighted by Crippen LogP contribution is -2.18. The topological polar surface area (TPSA) is 26.0 Å². The van der Waals surface area contributed by atoms with Gasteiger partial charge in [-0.3, -0.25) is 0 Å². The zero-order valence-electron chi connectivity index (χ0n) is 7.46. The fourth-order valence-electron chi connectivity index (χ4n) is 1.99. The quantitative estimate of drug-likeness (QED) is 0.630. The Hall–Kier alpha value is -0.980. The maximum atomic E-state index is 5.71. The van der Waals surface area contributed by atoms with E-state index >= 15 is 0 Å². The summed E-state index contributed by atoms with van der Waals surface area (Å²) in [6.45, 7) is 2.31. The van der Waals surface area contributed by atoms with E-state index in [4.69, 9.17) is 5.73 Å². The molecule has 64 valence electrons. The molecular weight excluding hydrogens is 146 g/mol. The Morgan fingerprint density at radius 3 is 2.67 bits per heavy atom. The van der Waals surface area contributed by atoms with Crippen LogP contribution in [0.4, 0.5) is 5.69 Å². The number of rotatable bonds is 1. The van der Waals surface area contributed by atoms with Crippen molar-refractivity contribution in [3.05, 3.63) is 29.8 Å². The van der Waals surface area contributed by atoms with Gasteiger partial charge in [0.1, 0.15) is 0 Å². The summed E-state index contributed by atoms with van der Waals surface area (Å²) >= 11 is 0. The van der Waals surface area contributed by atoms with Gasteiger partial charge in [0.15, 0.2) is 0 Å². The van der Waals surface area contributed by atoms with E-state index in [-0.39, 0.29) is 0 Å². The third kappa shape index (κ3) is 1.31. The lowest BCUT2D eigenvalue weighted by atomic mass is 9.72. The van der Waals surface area contributed by atoms with Gasteiger partial charge in [0.25, 0.3) is 0 Å². The van der Waals surface area contributed by atoms with Crippen LogP contribution in [0.1, 0.15) is 31.2 Å². The maximum Gasteiger partial charge on any atom is 0.0316 e. The van der Waals surface area contributed by atoms with Crippen molar-refractivity contribution in [1.82, 2.24) is 0 Å². The van der Waals surface area contributed by atoms with E-state index in [1.165, 1.54) is 18.4 Å². The molecular formula is C11H15N. The number of hydrogen-bond acceptors (Lipinski definition) is 1. The Morgan fingerprint density at radius 2 is 2.08 bits per heavy atom. The monoisotopic (exact) mass is 161 g/mol. The fourth-order valence-corrected chi connectivity index (χ4v) is 1.99. The zero-order valence-corrected chi connectivity index (χ0v) is 7.46. The molecule has 1 aromatic carbocycles. The fraction of sp³-hybridized carbons (Fsp3) is 0.455. The van der Waals surface area contributed by atoms with Crippen molar-refractivity contribution < 1.29 is 0 Å². The normalized spacial score (nSPS) is 28.1. The molecule has 0 aromatic heterocycles. The van der Waals surface area contributed by atoms with Gasteiger partial charge in [-0.1, -0.05) is 19.1 Å². The lowest BCUT2D eigenvalue weighted by molar-refractivity contribution is 0.288. The molecule has 0 spiro atoms. The average Bonchev–Trinajstić information content (AvgIpc) is 1.99. The van der Waals surface area contributed by atoms with Crippen LogP contribution in [0, 0.1) is 5.92 Å². The molecule has 1 heteroatoms. The largest absolute Gasteiger partial charge is 0.399 e. The molecule has 0 unspecified atom stereocenters. The van der Waals surface area contributed by atoms with Gasteiger partial charge in [-0.2, -0.15) is 0 Å². The van der Waals surface area contributed by atoms with Crippen LogP contribution in [0.15, 0.2) is 24.3 Å². The third-order valence-electron chi connectivity index (χ3n) is 2.76. The SMILES string of the molecule is CC1CC(c2cccc(N)c2)C1. The second-order valence-electron chi connectivity index (χ2n) is 3.94. The van der Waals surface area contributed by atoms with Crippen LogP contribution in [0.2, 0.25) is 0 Å². The Morgan fingerprint density at radius 1 is 1.33 bits per heavy atom. The third-order valence-corrected chi connectivity index (χ3v) is 2.76. The van der Waals surface area contributed by atoms with Crippen LogP contribution in [0.3, 0.4) is 0 Å². The Bertz CT molecular complexity index is 274. The van der Waals surface area contributed by atoms with Gasteiger partial charge in [-0.05, 0) is 42.4 Å². The average molecular weight is 161 g/mol. The summed E-state index contributed by atoms with van der Waals surface area (Å²) in [7, 11) is 0. The highest BCUT2D eigenvalue weighted by Gasteiger charge is 2.26. The van der Waals surface area contributed by atoms with Crippen molar-refractivity contribution in [2.75, 3.05) is 5.73 Å². The highest BCUT2D eigenvalue weighted by atomic mass is 14.5. The highest BCUT2D eigenvalue weighted by Crippen LogP contribution is 2.41. The minimum absolute atomic E-state index is 0.781. The van der Waals surface area contributed by atoms with E-state index in [1.807, 2.05) is 12.1 Å². The Kier molecular flexibility index (Phi) is 1.80. The number of nitrogens with two attached hydrogens (primary N) is 1. The molecule has 1 aromatic rings. The molecule has 1 aliphatic rings. The molecule has 0 radical (unpaired) electrons. The number of benzene rings is 1. The van der Waals surface area contributed by atoms with E-state index in [9.17, 15) is 0 Å². The van der Waals surface area contributed by atoms with Crippen LogP contribution < -0.4 is 5.73 Å². The Labute approximate surface area is 73.6 Å². The van der Waals surface area contributed by atoms with Gasteiger partial charge >= 0.3 is 0 Å². The second-order valence-corrected chi connectivity index (χ2v) is 3.94. The first-order valence-corrected chi connectivity index (χ1v) is 4.61. The molecule has 1 nitrogen and oxygen atoms in total. The van der Waals surface area contributed by atoms with Gasteiger partial charge in [0.05, 0.1) is 0 Å². The minimum Gasteiger partial charge on any atom is -0.399 e. The standard InChI is InChI=1S/C11H15N/c1-8-5-10(6-8)9-3-2-4-11(12)7-9/h2-4,7-8,10H,5-6,12H2,1H3. The molecule has 2 rings (SSSR count). The molecule has 0 aliphatic heterocycles. The summed E-state index contributed by atoms with van der Waals surface area (Å²) in [6, 6.07) is 8.29. The molecule has 12 heavy (non-hydrogen) atoms. The summed E-state index contributed by atoms with van der Waals surface area (Å²) < 4.78 is 0. The van der Waals surface area contributed by atoms with Crippen molar-refractivity contribution in [1.29, 1.82) is 0 Å². The van der Waals surface area contributed by atoms with Gasteiger partial charge in [0, 0.05) is 5.69 Å². The van der Waals surface area contributed by atoms with Crippen molar-refractivity contribution in [3.8, 4) is 0 Å². The van der Waals surface area contributed by atoms with Gasteiger partial charge in [-0.25, -0.2) is 0 Å².